The number of amidine groups is 1. The van der Waals surface area contributed by atoms with Gasteiger partial charge in [0.15, 0.2) is 0 Å². The van der Waals surface area contributed by atoms with Crippen LogP contribution in [0.25, 0.3) is 0 Å². The summed E-state index contributed by atoms with van der Waals surface area (Å²) in [5.74, 6) is -0.0900. The summed E-state index contributed by atoms with van der Waals surface area (Å²) in [5.41, 5.74) is 7.11. The van der Waals surface area contributed by atoms with Gasteiger partial charge in [0.05, 0.1) is 0 Å². The lowest BCUT2D eigenvalue weighted by atomic mass is 9.87. The minimum Gasteiger partial charge on any atom is -0.384 e. The molecule has 100 valence electrons. The Morgan fingerprint density at radius 3 is 2.00 bits per heavy atom. The van der Waals surface area contributed by atoms with Gasteiger partial charge in [-0.1, -0.05) is 45.0 Å². The number of nitrogens with two attached hydrogens (primary N) is 1. The van der Waals surface area contributed by atoms with Crippen molar-refractivity contribution in [1.82, 2.24) is 0 Å². The van der Waals surface area contributed by atoms with Crippen molar-refractivity contribution in [2.24, 2.45) is 10.7 Å². The fourth-order valence-electron chi connectivity index (χ4n) is 1.41. The maximum absolute atomic E-state index is 12.0. The molecule has 2 N–H and O–H groups in total. The second-order valence-electron chi connectivity index (χ2n) is 5.14. The van der Waals surface area contributed by atoms with E-state index in [1.807, 2.05) is 12.1 Å². The zero-order chi connectivity index (χ0) is 14.0. The van der Waals surface area contributed by atoms with Crippen LogP contribution in [-0.2, 0) is 5.41 Å². The van der Waals surface area contributed by atoms with Gasteiger partial charge in [0, 0.05) is 5.56 Å². The van der Waals surface area contributed by atoms with Gasteiger partial charge in [-0.25, -0.2) is 0 Å². The SMILES string of the molecule is CC(C)(C)c1ccc(C(N)=NCC(F)(F)F)cc1. The Morgan fingerprint density at radius 1 is 1.11 bits per heavy atom. The molecule has 0 aliphatic heterocycles. The van der Waals surface area contributed by atoms with Gasteiger partial charge in [0.25, 0.3) is 0 Å². The Bertz CT molecular complexity index is 425. The normalized spacial score (nSPS) is 13.8. The molecule has 0 aliphatic rings. The molecule has 0 aliphatic carbocycles. The lowest BCUT2D eigenvalue weighted by Crippen LogP contribution is -2.20. The quantitative estimate of drug-likeness (QED) is 0.641. The van der Waals surface area contributed by atoms with Crippen LogP contribution < -0.4 is 5.73 Å². The van der Waals surface area contributed by atoms with Gasteiger partial charge >= 0.3 is 6.18 Å². The van der Waals surface area contributed by atoms with Crippen molar-refractivity contribution in [2.45, 2.75) is 32.4 Å². The molecule has 2 nitrogen and oxygen atoms in total. The van der Waals surface area contributed by atoms with Crippen molar-refractivity contribution in [1.29, 1.82) is 0 Å². The minimum absolute atomic E-state index is 0.00357. The van der Waals surface area contributed by atoms with Gasteiger partial charge < -0.3 is 5.73 Å². The Morgan fingerprint density at radius 2 is 1.61 bits per heavy atom. The number of halogens is 3. The number of aliphatic imine (C=N–C) groups is 1. The first-order chi connectivity index (χ1) is 8.09. The van der Waals surface area contributed by atoms with E-state index in [9.17, 15) is 13.2 Å². The summed E-state index contributed by atoms with van der Waals surface area (Å²) in [7, 11) is 0. The molecule has 1 aromatic carbocycles. The maximum atomic E-state index is 12.0. The smallest absolute Gasteiger partial charge is 0.384 e. The van der Waals surface area contributed by atoms with E-state index < -0.39 is 12.7 Å². The van der Waals surface area contributed by atoms with Crippen LogP contribution in [0.2, 0.25) is 0 Å². The highest BCUT2D eigenvalue weighted by Crippen LogP contribution is 2.22. The average molecular weight is 258 g/mol. The van der Waals surface area contributed by atoms with E-state index in [2.05, 4.69) is 25.8 Å². The van der Waals surface area contributed by atoms with Gasteiger partial charge in [-0.3, -0.25) is 4.99 Å². The molecule has 18 heavy (non-hydrogen) atoms. The van der Waals surface area contributed by atoms with Gasteiger partial charge in [-0.2, -0.15) is 13.2 Å². The molecular formula is C13H17F3N2. The Kier molecular flexibility index (Phi) is 4.04. The lowest BCUT2D eigenvalue weighted by Gasteiger charge is -2.19. The predicted octanol–water partition coefficient (Wildman–Crippen LogP) is 3.25. The lowest BCUT2D eigenvalue weighted by molar-refractivity contribution is -0.118. The molecule has 0 atom stereocenters. The Balaban J connectivity index is 2.86. The summed E-state index contributed by atoms with van der Waals surface area (Å²) in [5, 5.41) is 0. The van der Waals surface area contributed by atoms with Crippen LogP contribution >= 0.6 is 0 Å². The van der Waals surface area contributed by atoms with E-state index >= 15 is 0 Å². The molecule has 0 fully saturated rings. The first-order valence-electron chi connectivity index (χ1n) is 5.57. The van der Waals surface area contributed by atoms with E-state index in [0.29, 0.717) is 5.56 Å². The van der Waals surface area contributed by atoms with Gasteiger partial charge in [0.1, 0.15) is 12.4 Å². The second-order valence-corrected chi connectivity index (χ2v) is 5.14. The van der Waals surface area contributed by atoms with Crippen LogP contribution in [0, 0.1) is 0 Å². The number of rotatable bonds is 2. The number of alkyl halides is 3. The van der Waals surface area contributed by atoms with Crippen LogP contribution in [-0.4, -0.2) is 18.6 Å². The van der Waals surface area contributed by atoms with Crippen LogP contribution in [0.5, 0.6) is 0 Å². The van der Waals surface area contributed by atoms with Gasteiger partial charge in [0.2, 0.25) is 0 Å². The molecule has 0 saturated heterocycles. The first-order valence-corrected chi connectivity index (χ1v) is 5.57. The minimum atomic E-state index is -4.32. The number of benzene rings is 1. The largest absolute Gasteiger partial charge is 0.408 e. The third-order valence-corrected chi connectivity index (χ3v) is 2.48. The highest BCUT2D eigenvalue weighted by Gasteiger charge is 2.26. The molecule has 1 aromatic rings. The van der Waals surface area contributed by atoms with Crippen LogP contribution in [0.1, 0.15) is 31.9 Å². The molecule has 0 heterocycles. The van der Waals surface area contributed by atoms with Crippen molar-refractivity contribution >= 4 is 5.84 Å². The number of hydrogen-bond donors (Lipinski definition) is 1. The van der Waals surface area contributed by atoms with Gasteiger partial charge in [-0.05, 0) is 11.0 Å². The molecule has 1 rings (SSSR count). The zero-order valence-corrected chi connectivity index (χ0v) is 10.7. The highest BCUT2D eigenvalue weighted by molar-refractivity contribution is 5.97. The molecule has 0 spiro atoms. The van der Waals surface area contributed by atoms with E-state index in [1.165, 1.54) is 0 Å². The van der Waals surface area contributed by atoms with Crippen molar-refractivity contribution < 1.29 is 13.2 Å². The molecule has 5 heteroatoms. The summed E-state index contributed by atoms with van der Waals surface area (Å²) in [6.07, 6.45) is -4.32. The number of nitrogens with zero attached hydrogens (tertiary/aromatic N) is 1. The molecule has 0 amide bonds. The average Bonchev–Trinajstić information content (AvgIpc) is 2.24. The molecule has 0 unspecified atom stereocenters. The highest BCUT2D eigenvalue weighted by atomic mass is 19.4. The standard InChI is InChI=1S/C13H17F3N2/c1-12(2,3)10-6-4-9(5-7-10)11(17)18-8-13(14,15)16/h4-7H,8H2,1-3H3,(H2,17,18). The summed E-state index contributed by atoms with van der Waals surface area (Å²) in [4.78, 5) is 3.33. The fourth-order valence-corrected chi connectivity index (χ4v) is 1.41. The molecule has 0 radical (unpaired) electrons. The molecule has 0 saturated carbocycles. The van der Waals surface area contributed by atoms with Crippen molar-refractivity contribution in [3.05, 3.63) is 35.4 Å². The predicted molar refractivity (Wildman–Crippen MR) is 66.8 cm³/mol. The molecular weight excluding hydrogens is 241 g/mol. The van der Waals surface area contributed by atoms with Crippen molar-refractivity contribution in [3.8, 4) is 0 Å². The van der Waals surface area contributed by atoms with E-state index in [-0.39, 0.29) is 11.3 Å². The second kappa shape index (κ2) is 5.00. The van der Waals surface area contributed by atoms with Crippen molar-refractivity contribution in [2.75, 3.05) is 6.54 Å². The Hall–Kier alpha value is -1.52. The van der Waals surface area contributed by atoms with Crippen LogP contribution in [0.3, 0.4) is 0 Å². The third-order valence-electron chi connectivity index (χ3n) is 2.48. The van der Waals surface area contributed by atoms with E-state index in [1.54, 1.807) is 12.1 Å². The summed E-state index contributed by atoms with van der Waals surface area (Å²) in [6.45, 7) is 4.93. The third kappa shape index (κ3) is 4.39. The zero-order valence-electron chi connectivity index (χ0n) is 10.7. The topological polar surface area (TPSA) is 38.4 Å². The van der Waals surface area contributed by atoms with E-state index in [4.69, 9.17) is 5.73 Å². The first kappa shape index (κ1) is 14.5. The molecule has 0 bridgehead atoms. The van der Waals surface area contributed by atoms with Crippen LogP contribution in [0.4, 0.5) is 13.2 Å². The summed E-state index contributed by atoms with van der Waals surface area (Å²) in [6, 6.07) is 7.09. The number of hydrogen-bond acceptors (Lipinski definition) is 1. The maximum Gasteiger partial charge on any atom is 0.408 e. The molecule has 0 aromatic heterocycles. The van der Waals surface area contributed by atoms with Crippen molar-refractivity contribution in [3.63, 3.8) is 0 Å². The summed E-state index contributed by atoms with van der Waals surface area (Å²) < 4.78 is 36.0. The summed E-state index contributed by atoms with van der Waals surface area (Å²) >= 11 is 0. The monoisotopic (exact) mass is 258 g/mol. The van der Waals surface area contributed by atoms with E-state index in [0.717, 1.165) is 5.56 Å². The fraction of sp³-hybridized carbons (Fsp3) is 0.462. The Labute approximate surface area is 105 Å². The van der Waals surface area contributed by atoms with Crippen LogP contribution in [0.15, 0.2) is 29.3 Å². The van der Waals surface area contributed by atoms with Gasteiger partial charge in [-0.15, -0.1) is 0 Å².